The molecule has 0 spiro atoms. The van der Waals surface area contributed by atoms with E-state index in [4.69, 9.17) is 10.7 Å². The molecule has 0 bridgehead atoms. The summed E-state index contributed by atoms with van der Waals surface area (Å²) in [7, 11) is 0.306. The summed E-state index contributed by atoms with van der Waals surface area (Å²) in [4.78, 5) is 8.30. The first-order valence-corrected chi connectivity index (χ1v) is 7.35. The van der Waals surface area contributed by atoms with Crippen LogP contribution in [0.15, 0.2) is 17.0 Å². The number of nitrogens with zero attached hydrogens (tertiary/aromatic N) is 1. The van der Waals surface area contributed by atoms with E-state index in [1.54, 1.807) is 0 Å². The van der Waals surface area contributed by atoms with E-state index < -0.39 is 55.3 Å². The third kappa shape index (κ3) is 5.01. The summed E-state index contributed by atoms with van der Waals surface area (Å²) in [5.74, 6) is -2.61. The first kappa shape index (κ1) is 17.4. The Morgan fingerprint density at radius 3 is 2.33 bits per heavy atom. The Morgan fingerprint density at radius 1 is 1.33 bits per heavy atom. The van der Waals surface area contributed by atoms with E-state index >= 15 is 0 Å². The first-order valence-electron chi connectivity index (χ1n) is 5.04. The maximum absolute atomic E-state index is 13.6. The first-order chi connectivity index (χ1) is 9.42. The molecule has 0 atom stereocenters. The number of hydrogen-bond acceptors (Lipinski definition) is 5. The van der Waals surface area contributed by atoms with Crippen molar-refractivity contribution >= 4 is 25.4 Å². The molecule has 6 nitrogen and oxygen atoms in total. The maximum Gasteiger partial charge on any atom is 0.392 e. The van der Waals surface area contributed by atoms with Gasteiger partial charge in [-0.25, -0.2) is 12.8 Å². The van der Waals surface area contributed by atoms with Crippen molar-refractivity contribution in [3.8, 4) is 5.75 Å². The standard InChI is InChI=1S/C9H6ClF4NO5S/c10-21(18,19)7-4-5(15(16)17)3-6(11)8(7)20-2-1-9(12,13)14/h3-4H,1-2H2. The monoisotopic (exact) mass is 351 g/mol. The van der Waals surface area contributed by atoms with E-state index in [-0.39, 0.29) is 0 Å². The number of nitro benzene ring substituents is 1. The SMILES string of the molecule is O=[N+]([O-])c1cc(F)c(OCCC(F)(F)F)c(S(=O)(=O)Cl)c1. The zero-order valence-corrected chi connectivity index (χ0v) is 11.4. The number of halogens is 5. The van der Waals surface area contributed by atoms with Gasteiger partial charge in [0.25, 0.3) is 14.7 Å². The molecule has 1 aromatic rings. The minimum atomic E-state index is -4.66. The second-order valence-electron chi connectivity index (χ2n) is 3.66. The number of ether oxygens (including phenoxy) is 1. The highest BCUT2D eigenvalue weighted by molar-refractivity contribution is 8.13. The molecule has 1 rings (SSSR count). The van der Waals surface area contributed by atoms with Gasteiger partial charge in [-0.15, -0.1) is 0 Å². The number of benzene rings is 1. The van der Waals surface area contributed by atoms with Gasteiger partial charge in [0.15, 0.2) is 11.6 Å². The zero-order valence-electron chi connectivity index (χ0n) is 9.86. The molecule has 0 aromatic heterocycles. The predicted molar refractivity (Wildman–Crippen MR) is 62.3 cm³/mol. The largest absolute Gasteiger partial charge is 0.489 e. The van der Waals surface area contributed by atoms with E-state index in [0.29, 0.717) is 12.1 Å². The fourth-order valence-corrected chi connectivity index (χ4v) is 2.23. The average molecular weight is 352 g/mol. The van der Waals surface area contributed by atoms with Crippen molar-refractivity contribution in [2.45, 2.75) is 17.5 Å². The summed E-state index contributed by atoms with van der Waals surface area (Å²) in [5, 5.41) is 10.5. The predicted octanol–water partition coefficient (Wildman–Crippen LogP) is 2.99. The van der Waals surface area contributed by atoms with Crippen LogP contribution in [0.5, 0.6) is 5.75 Å². The lowest BCUT2D eigenvalue weighted by atomic mass is 10.3. The molecule has 0 unspecified atom stereocenters. The van der Waals surface area contributed by atoms with Crippen molar-refractivity contribution < 1.29 is 35.6 Å². The van der Waals surface area contributed by atoms with Crippen LogP contribution in [-0.4, -0.2) is 26.1 Å². The number of alkyl halides is 3. The van der Waals surface area contributed by atoms with Crippen LogP contribution < -0.4 is 4.74 Å². The second kappa shape index (κ2) is 6.02. The molecule has 0 saturated carbocycles. The van der Waals surface area contributed by atoms with Crippen molar-refractivity contribution in [1.82, 2.24) is 0 Å². The van der Waals surface area contributed by atoms with Gasteiger partial charge in [0.1, 0.15) is 4.90 Å². The molecule has 0 N–H and O–H groups in total. The van der Waals surface area contributed by atoms with E-state index in [1.807, 2.05) is 0 Å². The van der Waals surface area contributed by atoms with Crippen LogP contribution >= 0.6 is 10.7 Å². The highest BCUT2D eigenvalue weighted by Gasteiger charge is 2.29. The van der Waals surface area contributed by atoms with Crippen molar-refractivity contribution in [2.75, 3.05) is 6.61 Å². The topological polar surface area (TPSA) is 86.5 Å². The zero-order chi connectivity index (χ0) is 16.4. The number of rotatable bonds is 5. The van der Waals surface area contributed by atoms with Crippen molar-refractivity contribution in [3.05, 3.63) is 28.1 Å². The van der Waals surface area contributed by atoms with Crippen molar-refractivity contribution in [3.63, 3.8) is 0 Å². The van der Waals surface area contributed by atoms with Gasteiger partial charge in [0.05, 0.1) is 24.0 Å². The molecule has 0 radical (unpaired) electrons. The molecule has 0 saturated heterocycles. The van der Waals surface area contributed by atoms with Gasteiger partial charge in [0, 0.05) is 16.7 Å². The molecule has 0 heterocycles. The van der Waals surface area contributed by atoms with Crippen LogP contribution in [0.25, 0.3) is 0 Å². The van der Waals surface area contributed by atoms with Crippen LogP contribution in [-0.2, 0) is 9.05 Å². The van der Waals surface area contributed by atoms with Crippen molar-refractivity contribution in [2.24, 2.45) is 0 Å². The molecule has 12 heteroatoms. The Hall–Kier alpha value is -1.62. The lowest BCUT2D eigenvalue weighted by molar-refractivity contribution is -0.385. The molecule has 0 aliphatic carbocycles. The minimum absolute atomic E-state index is 0.314. The molecule has 0 aliphatic rings. The van der Waals surface area contributed by atoms with E-state index in [9.17, 15) is 36.1 Å². The molecule has 1 aromatic carbocycles. The van der Waals surface area contributed by atoms with Gasteiger partial charge in [-0.2, -0.15) is 13.2 Å². The summed E-state index contributed by atoms with van der Waals surface area (Å²) >= 11 is 0. The van der Waals surface area contributed by atoms with Crippen LogP contribution in [0.3, 0.4) is 0 Å². The highest BCUT2D eigenvalue weighted by atomic mass is 35.7. The third-order valence-corrected chi connectivity index (χ3v) is 3.43. The van der Waals surface area contributed by atoms with Gasteiger partial charge in [-0.05, 0) is 0 Å². The smallest absolute Gasteiger partial charge is 0.392 e. The summed E-state index contributed by atoms with van der Waals surface area (Å²) in [6, 6.07) is 0.711. The summed E-state index contributed by atoms with van der Waals surface area (Å²) < 4.78 is 76.3. The molecule has 0 amide bonds. The van der Waals surface area contributed by atoms with Crippen LogP contribution in [0.2, 0.25) is 0 Å². The lowest BCUT2D eigenvalue weighted by Crippen LogP contribution is -2.14. The molecule has 118 valence electrons. The van der Waals surface area contributed by atoms with Gasteiger partial charge in [0.2, 0.25) is 0 Å². The number of non-ortho nitro benzene ring substituents is 1. The molecule has 0 fully saturated rings. The van der Waals surface area contributed by atoms with Gasteiger partial charge in [-0.1, -0.05) is 0 Å². The molecule has 0 aliphatic heterocycles. The summed E-state index contributed by atoms with van der Waals surface area (Å²) in [6.07, 6.45) is -6.07. The normalized spacial score (nSPS) is 12.2. The molecular formula is C9H6ClF4NO5S. The van der Waals surface area contributed by atoms with E-state index in [1.165, 1.54) is 0 Å². The van der Waals surface area contributed by atoms with Gasteiger partial charge >= 0.3 is 6.18 Å². The lowest BCUT2D eigenvalue weighted by Gasteiger charge is -2.11. The van der Waals surface area contributed by atoms with E-state index in [0.717, 1.165) is 0 Å². The Kier molecular flexibility index (Phi) is 4.99. The Balaban J connectivity index is 3.21. The summed E-state index contributed by atoms with van der Waals surface area (Å²) in [6.45, 7) is -1.07. The number of hydrogen-bond donors (Lipinski definition) is 0. The fourth-order valence-electron chi connectivity index (χ4n) is 1.25. The highest BCUT2D eigenvalue weighted by Crippen LogP contribution is 2.34. The summed E-state index contributed by atoms with van der Waals surface area (Å²) in [5.41, 5.74) is -0.935. The third-order valence-electron chi connectivity index (χ3n) is 2.10. The number of nitro groups is 1. The fraction of sp³-hybridized carbons (Fsp3) is 0.333. The van der Waals surface area contributed by atoms with E-state index in [2.05, 4.69) is 4.74 Å². The molecule has 21 heavy (non-hydrogen) atoms. The van der Waals surface area contributed by atoms with Crippen molar-refractivity contribution in [1.29, 1.82) is 0 Å². The average Bonchev–Trinajstić information content (AvgIpc) is 2.27. The Morgan fingerprint density at radius 2 is 1.90 bits per heavy atom. The van der Waals surface area contributed by atoms with Crippen LogP contribution in [0, 0.1) is 15.9 Å². The maximum atomic E-state index is 13.6. The molecular weight excluding hydrogens is 346 g/mol. The second-order valence-corrected chi connectivity index (χ2v) is 6.20. The quantitative estimate of drug-likeness (QED) is 0.352. The minimum Gasteiger partial charge on any atom is -0.489 e. The Bertz CT molecular complexity index is 661. The Labute approximate surface area is 119 Å². The van der Waals surface area contributed by atoms with Gasteiger partial charge in [-0.3, -0.25) is 10.1 Å². The van der Waals surface area contributed by atoms with Crippen LogP contribution in [0.4, 0.5) is 23.2 Å². The van der Waals surface area contributed by atoms with Gasteiger partial charge < -0.3 is 4.74 Å². The van der Waals surface area contributed by atoms with Crippen LogP contribution in [0.1, 0.15) is 6.42 Å².